The maximum absolute atomic E-state index is 12.3. The van der Waals surface area contributed by atoms with E-state index >= 15 is 0 Å². The zero-order valence-electron chi connectivity index (χ0n) is 11.8. The van der Waals surface area contributed by atoms with Crippen molar-refractivity contribution in [3.63, 3.8) is 0 Å². The maximum atomic E-state index is 12.3. The van der Waals surface area contributed by atoms with Gasteiger partial charge in [-0.2, -0.15) is 0 Å². The van der Waals surface area contributed by atoms with E-state index in [-0.39, 0.29) is 30.2 Å². The predicted molar refractivity (Wildman–Crippen MR) is 73.6 cm³/mol. The number of carbonyl (C=O) groups is 3. The summed E-state index contributed by atoms with van der Waals surface area (Å²) in [7, 11) is 0. The molecule has 1 heterocycles. The van der Waals surface area contributed by atoms with Gasteiger partial charge in [-0.3, -0.25) is 19.3 Å². The van der Waals surface area contributed by atoms with Gasteiger partial charge in [0.05, 0.1) is 12.5 Å². The van der Waals surface area contributed by atoms with Gasteiger partial charge in [-0.15, -0.1) is 0 Å². The monoisotopic (exact) mass is 281 g/mol. The van der Waals surface area contributed by atoms with Gasteiger partial charge in [-0.1, -0.05) is 19.3 Å². The molecule has 6 nitrogen and oxygen atoms in total. The van der Waals surface area contributed by atoms with Crippen molar-refractivity contribution in [2.45, 2.75) is 63.5 Å². The largest absolute Gasteiger partial charge is 0.370 e. The molecule has 2 aliphatic rings. The number of rotatable bonds is 6. The Hall–Kier alpha value is -1.43. The van der Waals surface area contributed by atoms with E-state index < -0.39 is 6.04 Å². The van der Waals surface area contributed by atoms with Crippen molar-refractivity contribution in [3.8, 4) is 0 Å². The van der Waals surface area contributed by atoms with Gasteiger partial charge in [0.25, 0.3) is 0 Å². The van der Waals surface area contributed by atoms with Crippen LogP contribution in [0.25, 0.3) is 0 Å². The topological polar surface area (TPSA) is 92.5 Å². The summed E-state index contributed by atoms with van der Waals surface area (Å²) in [6.45, 7) is 0.533. The summed E-state index contributed by atoms with van der Waals surface area (Å²) in [4.78, 5) is 36.4. The lowest BCUT2D eigenvalue weighted by Crippen LogP contribution is -2.44. The molecule has 1 aliphatic heterocycles. The highest BCUT2D eigenvalue weighted by molar-refractivity contribution is 6.05. The number of hydrogen-bond acceptors (Lipinski definition) is 4. The van der Waals surface area contributed by atoms with Crippen molar-refractivity contribution < 1.29 is 14.4 Å². The molecule has 3 amide bonds. The molecule has 1 unspecified atom stereocenters. The predicted octanol–water partition coefficient (Wildman–Crippen LogP) is 0.302. The van der Waals surface area contributed by atoms with Crippen molar-refractivity contribution in [2.24, 2.45) is 5.73 Å². The molecule has 1 aliphatic carbocycles. The molecule has 20 heavy (non-hydrogen) atoms. The smallest absolute Gasteiger partial charge is 0.247 e. The average molecular weight is 281 g/mol. The molecule has 1 saturated heterocycles. The number of hydrogen-bond donors (Lipinski definition) is 2. The van der Waals surface area contributed by atoms with E-state index in [1.165, 1.54) is 11.3 Å². The van der Waals surface area contributed by atoms with Crippen LogP contribution in [-0.2, 0) is 14.4 Å². The number of likely N-dealkylation sites (tertiary alicyclic amines) is 1. The fourth-order valence-electron chi connectivity index (χ4n) is 3.07. The van der Waals surface area contributed by atoms with Crippen LogP contribution in [0, 0.1) is 0 Å². The van der Waals surface area contributed by atoms with Crippen molar-refractivity contribution in [1.82, 2.24) is 10.2 Å². The Morgan fingerprint density at radius 1 is 1.25 bits per heavy atom. The quantitative estimate of drug-likeness (QED) is 0.541. The van der Waals surface area contributed by atoms with E-state index in [0.29, 0.717) is 19.4 Å². The second-order valence-electron chi connectivity index (χ2n) is 5.67. The minimum atomic E-state index is -0.419. The number of nitrogens with zero attached hydrogens (tertiary/aromatic N) is 1. The fraction of sp³-hybridized carbons (Fsp3) is 0.786. The van der Waals surface area contributed by atoms with E-state index in [1.807, 2.05) is 0 Å². The minimum Gasteiger partial charge on any atom is -0.370 e. The molecule has 0 bridgehead atoms. The summed E-state index contributed by atoms with van der Waals surface area (Å²) in [5.41, 5.74) is 5.06. The highest BCUT2D eigenvalue weighted by atomic mass is 16.2. The number of primary amides is 1. The summed E-state index contributed by atoms with van der Waals surface area (Å²) >= 11 is 0. The van der Waals surface area contributed by atoms with Gasteiger partial charge in [-0.25, -0.2) is 0 Å². The standard InChI is InChI=1S/C14H23N3O3/c15-12(18)7-4-8-16-11-9-13(19)17(14(11)20)10-5-2-1-3-6-10/h10-11,16H,1-9H2,(H2,15,18). The second-order valence-corrected chi connectivity index (χ2v) is 5.67. The molecule has 0 radical (unpaired) electrons. The summed E-state index contributed by atoms with van der Waals surface area (Å²) in [5, 5.41) is 3.07. The SMILES string of the molecule is NC(=O)CCCNC1CC(=O)N(C2CCCCC2)C1=O. The molecule has 0 spiro atoms. The van der Waals surface area contributed by atoms with Gasteiger partial charge >= 0.3 is 0 Å². The van der Waals surface area contributed by atoms with Gasteiger partial charge in [0.1, 0.15) is 0 Å². The first-order chi connectivity index (χ1) is 9.59. The number of imide groups is 1. The van der Waals surface area contributed by atoms with Crippen molar-refractivity contribution in [3.05, 3.63) is 0 Å². The van der Waals surface area contributed by atoms with Gasteiger partial charge in [0.15, 0.2) is 0 Å². The molecule has 0 aromatic carbocycles. The molecule has 0 aromatic rings. The van der Waals surface area contributed by atoms with Crippen LogP contribution in [0.5, 0.6) is 0 Å². The fourth-order valence-corrected chi connectivity index (χ4v) is 3.07. The number of nitrogens with one attached hydrogen (secondary N) is 1. The molecule has 3 N–H and O–H groups in total. The van der Waals surface area contributed by atoms with Gasteiger partial charge in [0.2, 0.25) is 17.7 Å². The van der Waals surface area contributed by atoms with Crippen molar-refractivity contribution in [1.29, 1.82) is 0 Å². The van der Waals surface area contributed by atoms with Crippen LogP contribution in [0.4, 0.5) is 0 Å². The zero-order chi connectivity index (χ0) is 14.5. The minimum absolute atomic E-state index is 0.0608. The van der Waals surface area contributed by atoms with Crippen molar-refractivity contribution in [2.75, 3.05) is 6.54 Å². The summed E-state index contributed by atoms with van der Waals surface area (Å²) in [5.74, 6) is -0.500. The lowest BCUT2D eigenvalue weighted by molar-refractivity contribution is -0.142. The van der Waals surface area contributed by atoms with Crippen LogP contribution >= 0.6 is 0 Å². The number of nitrogens with two attached hydrogens (primary N) is 1. The van der Waals surface area contributed by atoms with Crippen LogP contribution in [0.3, 0.4) is 0 Å². The third-order valence-corrected chi connectivity index (χ3v) is 4.11. The Balaban J connectivity index is 1.83. The van der Waals surface area contributed by atoms with E-state index in [9.17, 15) is 14.4 Å². The van der Waals surface area contributed by atoms with Gasteiger partial charge < -0.3 is 11.1 Å². The van der Waals surface area contributed by atoms with Crippen LogP contribution in [0.15, 0.2) is 0 Å². The van der Waals surface area contributed by atoms with E-state index in [2.05, 4.69) is 5.32 Å². The average Bonchev–Trinajstić information content (AvgIpc) is 2.70. The molecule has 1 saturated carbocycles. The molecular weight excluding hydrogens is 258 g/mol. The van der Waals surface area contributed by atoms with Crippen molar-refractivity contribution >= 4 is 17.7 Å². The Labute approximate surface area is 119 Å². The molecule has 2 fully saturated rings. The van der Waals surface area contributed by atoms with Gasteiger partial charge in [-0.05, 0) is 25.8 Å². The second kappa shape index (κ2) is 6.83. The molecule has 2 rings (SSSR count). The summed E-state index contributed by atoms with van der Waals surface area (Å²) in [6, 6.07) is -0.321. The lowest BCUT2D eigenvalue weighted by Gasteiger charge is -2.29. The third-order valence-electron chi connectivity index (χ3n) is 4.11. The summed E-state index contributed by atoms with van der Waals surface area (Å²) < 4.78 is 0. The van der Waals surface area contributed by atoms with E-state index in [0.717, 1.165) is 25.7 Å². The lowest BCUT2D eigenvalue weighted by atomic mass is 9.94. The Bertz CT molecular complexity index is 391. The highest BCUT2D eigenvalue weighted by Gasteiger charge is 2.42. The first-order valence-electron chi connectivity index (χ1n) is 7.47. The first-order valence-corrected chi connectivity index (χ1v) is 7.47. The summed E-state index contributed by atoms with van der Waals surface area (Å²) in [6.07, 6.45) is 6.40. The highest BCUT2D eigenvalue weighted by Crippen LogP contribution is 2.27. The zero-order valence-corrected chi connectivity index (χ0v) is 11.8. The molecule has 0 aromatic heterocycles. The Morgan fingerprint density at radius 2 is 1.95 bits per heavy atom. The van der Waals surface area contributed by atoms with E-state index in [1.54, 1.807) is 0 Å². The number of amides is 3. The Morgan fingerprint density at radius 3 is 2.60 bits per heavy atom. The molecule has 6 heteroatoms. The molecular formula is C14H23N3O3. The normalized spacial score (nSPS) is 24.4. The van der Waals surface area contributed by atoms with Gasteiger partial charge in [0, 0.05) is 12.5 Å². The van der Waals surface area contributed by atoms with Crippen LogP contribution < -0.4 is 11.1 Å². The molecule has 1 atom stereocenters. The third kappa shape index (κ3) is 3.56. The van der Waals surface area contributed by atoms with Crippen LogP contribution in [0.1, 0.15) is 51.4 Å². The maximum Gasteiger partial charge on any atom is 0.247 e. The van der Waals surface area contributed by atoms with Crippen LogP contribution in [-0.4, -0.2) is 41.2 Å². The first kappa shape index (κ1) is 15.0. The van der Waals surface area contributed by atoms with E-state index in [4.69, 9.17) is 5.73 Å². The molecule has 112 valence electrons. The number of carbonyl (C=O) groups excluding carboxylic acids is 3. The van der Waals surface area contributed by atoms with Crippen LogP contribution in [0.2, 0.25) is 0 Å². The Kier molecular flexibility index (Phi) is 5.11.